The molecular weight excluding hydrogens is 308 g/mol. The summed E-state index contributed by atoms with van der Waals surface area (Å²) in [5.74, 6) is -0.341. The first-order chi connectivity index (χ1) is 11.2. The molecule has 7 heteroatoms. The van der Waals surface area contributed by atoms with E-state index in [1.165, 1.54) is 12.3 Å². The highest BCUT2D eigenvalue weighted by molar-refractivity contribution is 6.62. The first kappa shape index (κ1) is 17.1. The molecule has 0 aliphatic carbocycles. The largest absolute Gasteiger partial charge is 0.498 e. The molecular formula is C17H23BFN3O2. The van der Waals surface area contributed by atoms with Crippen molar-refractivity contribution in [1.29, 1.82) is 0 Å². The Bertz CT molecular complexity index is 699. The van der Waals surface area contributed by atoms with Gasteiger partial charge in [0.1, 0.15) is 5.82 Å². The van der Waals surface area contributed by atoms with Gasteiger partial charge >= 0.3 is 7.12 Å². The van der Waals surface area contributed by atoms with Crippen molar-refractivity contribution in [1.82, 2.24) is 14.8 Å². The lowest BCUT2D eigenvalue weighted by molar-refractivity contribution is 0.00578. The molecule has 1 atom stereocenters. The summed E-state index contributed by atoms with van der Waals surface area (Å²) in [4.78, 5) is 4.18. The van der Waals surface area contributed by atoms with E-state index in [1.807, 2.05) is 45.5 Å². The molecule has 1 unspecified atom stereocenters. The van der Waals surface area contributed by atoms with Crippen LogP contribution in [0.15, 0.2) is 30.7 Å². The molecule has 0 N–H and O–H groups in total. The smallest absolute Gasteiger partial charge is 0.399 e. The maximum absolute atomic E-state index is 13.1. The summed E-state index contributed by atoms with van der Waals surface area (Å²) in [5.41, 5.74) is 0.877. The number of rotatable bonds is 4. The molecule has 0 bridgehead atoms. The molecule has 24 heavy (non-hydrogen) atoms. The number of nitrogens with zero attached hydrogens (tertiary/aromatic N) is 3. The summed E-state index contributed by atoms with van der Waals surface area (Å²) in [5, 5.41) is 4.45. The third-order valence-corrected chi connectivity index (χ3v) is 4.94. The summed E-state index contributed by atoms with van der Waals surface area (Å²) < 4.78 is 27.0. The van der Waals surface area contributed by atoms with E-state index < -0.39 is 7.12 Å². The van der Waals surface area contributed by atoms with Crippen LogP contribution in [0.4, 0.5) is 4.39 Å². The molecule has 0 radical (unpaired) electrons. The van der Waals surface area contributed by atoms with E-state index in [9.17, 15) is 4.39 Å². The van der Waals surface area contributed by atoms with Gasteiger partial charge in [-0.2, -0.15) is 5.10 Å². The first-order valence-corrected chi connectivity index (χ1v) is 8.24. The number of halogens is 1. The monoisotopic (exact) mass is 331 g/mol. The summed E-state index contributed by atoms with van der Waals surface area (Å²) in [6, 6.07) is 3.06. The van der Waals surface area contributed by atoms with Gasteiger partial charge in [0.25, 0.3) is 0 Å². The molecule has 0 amide bonds. The van der Waals surface area contributed by atoms with Crippen molar-refractivity contribution in [3.8, 4) is 0 Å². The van der Waals surface area contributed by atoms with E-state index in [2.05, 4.69) is 10.1 Å². The highest BCUT2D eigenvalue weighted by Crippen LogP contribution is 2.36. The summed E-state index contributed by atoms with van der Waals surface area (Å²) in [7, 11) is -0.442. The summed E-state index contributed by atoms with van der Waals surface area (Å²) in [6.07, 6.45) is 5.70. The fourth-order valence-corrected chi connectivity index (χ4v) is 2.74. The molecule has 1 aliphatic rings. The zero-order valence-corrected chi connectivity index (χ0v) is 14.8. The molecule has 128 valence electrons. The van der Waals surface area contributed by atoms with E-state index in [-0.39, 0.29) is 23.1 Å². The van der Waals surface area contributed by atoms with E-state index in [4.69, 9.17) is 9.31 Å². The van der Waals surface area contributed by atoms with Crippen LogP contribution in [0.2, 0.25) is 0 Å². The minimum atomic E-state index is -0.442. The van der Waals surface area contributed by atoms with Gasteiger partial charge < -0.3 is 9.31 Å². The molecule has 5 nitrogen and oxygen atoms in total. The summed E-state index contributed by atoms with van der Waals surface area (Å²) >= 11 is 0. The molecule has 0 spiro atoms. The van der Waals surface area contributed by atoms with Gasteiger partial charge in [0.05, 0.1) is 29.1 Å². The lowest BCUT2D eigenvalue weighted by Crippen LogP contribution is -2.41. The van der Waals surface area contributed by atoms with Crippen molar-refractivity contribution in [3.63, 3.8) is 0 Å². The van der Waals surface area contributed by atoms with Crippen LogP contribution in [-0.2, 0) is 9.31 Å². The number of aromatic nitrogens is 3. The minimum Gasteiger partial charge on any atom is -0.399 e. The average Bonchev–Trinajstić information content (AvgIpc) is 3.05. The lowest BCUT2D eigenvalue weighted by atomic mass is 9.82. The van der Waals surface area contributed by atoms with Crippen LogP contribution in [-0.4, -0.2) is 33.1 Å². The molecule has 3 rings (SSSR count). The van der Waals surface area contributed by atoms with Crippen molar-refractivity contribution in [3.05, 3.63) is 42.2 Å². The van der Waals surface area contributed by atoms with Crippen LogP contribution in [0.1, 0.15) is 52.8 Å². The zero-order valence-electron chi connectivity index (χ0n) is 14.8. The molecule has 1 fully saturated rings. The van der Waals surface area contributed by atoms with Gasteiger partial charge in [0.2, 0.25) is 0 Å². The number of hydrogen-bond acceptors (Lipinski definition) is 4. The third kappa shape index (κ3) is 2.98. The molecule has 2 aromatic heterocycles. The Morgan fingerprint density at radius 2 is 1.83 bits per heavy atom. The van der Waals surface area contributed by atoms with Crippen molar-refractivity contribution in [2.45, 2.75) is 58.3 Å². The second-order valence-corrected chi connectivity index (χ2v) is 7.17. The second-order valence-electron chi connectivity index (χ2n) is 7.17. The quantitative estimate of drug-likeness (QED) is 0.809. The van der Waals surface area contributed by atoms with Gasteiger partial charge in [0, 0.05) is 17.9 Å². The van der Waals surface area contributed by atoms with E-state index in [0.717, 1.165) is 17.6 Å². The fourth-order valence-electron chi connectivity index (χ4n) is 2.74. The molecule has 1 saturated heterocycles. The highest BCUT2D eigenvalue weighted by atomic mass is 19.1. The Labute approximate surface area is 142 Å². The Hall–Kier alpha value is -1.73. The van der Waals surface area contributed by atoms with Crippen molar-refractivity contribution in [2.24, 2.45) is 0 Å². The Morgan fingerprint density at radius 1 is 1.17 bits per heavy atom. The van der Waals surface area contributed by atoms with E-state index in [1.54, 1.807) is 12.3 Å². The topological polar surface area (TPSA) is 49.2 Å². The van der Waals surface area contributed by atoms with Gasteiger partial charge in [-0.1, -0.05) is 6.92 Å². The van der Waals surface area contributed by atoms with Crippen LogP contribution < -0.4 is 5.46 Å². The third-order valence-electron chi connectivity index (χ3n) is 4.94. The Kier molecular flexibility index (Phi) is 4.26. The second kappa shape index (κ2) is 5.97. The standard InChI is InChI=1S/C17H23BFN3O2/c1-6-15(14-8-7-13(19)10-20-14)22-11-12(9-21-22)18-23-16(2,3)17(4,5)24-18/h7-11,15H,6H2,1-5H3. The molecule has 3 heterocycles. The number of pyridine rings is 1. The van der Waals surface area contributed by atoms with Crippen LogP contribution in [0.25, 0.3) is 0 Å². The maximum Gasteiger partial charge on any atom is 0.498 e. The summed E-state index contributed by atoms with van der Waals surface area (Å²) in [6.45, 7) is 10.1. The molecule has 1 aliphatic heterocycles. The van der Waals surface area contributed by atoms with Gasteiger partial charge in [-0.15, -0.1) is 0 Å². The van der Waals surface area contributed by atoms with Gasteiger partial charge in [0.15, 0.2) is 0 Å². The Morgan fingerprint density at radius 3 is 2.38 bits per heavy atom. The fraction of sp³-hybridized carbons (Fsp3) is 0.529. The van der Waals surface area contributed by atoms with Crippen LogP contribution in [0.5, 0.6) is 0 Å². The minimum absolute atomic E-state index is 0.0539. The van der Waals surface area contributed by atoms with Crippen LogP contribution in [0.3, 0.4) is 0 Å². The lowest BCUT2D eigenvalue weighted by Gasteiger charge is -2.32. The van der Waals surface area contributed by atoms with Crippen LogP contribution >= 0.6 is 0 Å². The van der Waals surface area contributed by atoms with Crippen LogP contribution in [0, 0.1) is 5.82 Å². The molecule has 0 aromatic carbocycles. The van der Waals surface area contributed by atoms with E-state index >= 15 is 0 Å². The van der Waals surface area contributed by atoms with Gasteiger partial charge in [-0.05, 0) is 46.2 Å². The molecule has 2 aromatic rings. The Balaban J connectivity index is 1.84. The molecule has 0 saturated carbocycles. The average molecular weight is 331 g/mol. The predicted molar refractivity (Wildman–Crippen MR) is 90.6 cm³/mol. The van der Waals surface area contributed by atoms with Crippen molar-refractivity contribution in [2.75, 3.05) is 0 Å². The predicted octanol–water partition coefficient (Wildman–Crippen LogP) is 2.72. The SMILES string of the molecule is CCC(c1ccc(F)cn1)n1cc(B2OC(C)(C)C(C)(C)O2)cn1. The van der Waals surface area contributed by atoms with E-state index in [0.29, 0.717) is 0 Å². The van der Waals surface area contributed by atoms with Crippen molar-refractivity contribution < 1.29 is 13.7 Å². The van der Waals surface area contributed by atoms with Crippen molar-refractivity contribution >= 4 is 12.6 Å². The highest BCUT2D eigenvalue weighted by Gasteiger charge is 2.52. The number of hydrogen-bond donors (Lipinski definition) is 0. The zero-order chi connectivity index (χ0) is 17.5. The van der Waals surface area contributed by atoms with Gasteiger partial charge in [-0.3, -0.25) is 9.67 Å². The maximum atomic E-state index is 13.1. The van der Waals surface area contributed by atoms with Gasteiger partial charge in [-0.25, -0.2) is 4.39 Å². The normalized spacial score (nSPS) is 20.3. The first-order valence-electron chi connectivity index (χ1n) is 8.24.